The Morgan fingerprint density at radius 1 is 0.452 bits per heavy atom. The maximum atomic E-state index is 8.58. The molecule has 0 unspecified atom stereocenters. The van der Waals surface area contributed by atoms with E-state index in [9.17, 15) is 0 Å². The van der Waals surface area contributed by atoms with Gasteiger partial charge in [-0.1, -0.05) is 34.6 Å². The summed E-state index contributed by atoms with van der Waals surface area (Å²) in [6, 6.07) is 0. The third-order valence-electron chi connectivity index (χ3n) is 7.19. The molecule has 0 aromatic rings. The monoisotopic (exact) mass is 608 g/mol. The van der Waals surface area contributed by atoms with Crippen molar-refractivity contribution in [1.29, 1.82) is 0 Å². The number of ether oxygens (including phenoxy) is 9. The van der Waals surface area contributed by atoms with Crippen molar-refractivity contribution in [3.63, 3.8) is 0 Å². The lowest BCUT2D eigenvalue weighted by Crippen LogP contribution is -2.34. The van der Waals surface area contributed by atoms with E-state index in [1.807, 2.05) is 0 Å². The molecule has 42 heavy (non-hydrogen) atoms. The van der Waals surface area contributed by atoms with Crippen LogP contribution in [0.5, 0.6) is 0 Å². The normalized spacial score (nSPS) is 18.1. The van der Waals surface area contributed by atoms with Crippen molar-refractivity contribution < 1.29 is 47.7 Å². The molecule has 0 radical (unpaired) electrons. The van der Waals surface area contributed by atoms with E-state index in [0.29, 0.717) is 129 Å². The predicted octanol–water partition coefficient (Wildman–Crippen LogP) is 4.15. The molecule has 0 bridgehead atoms. The third kappa shape index (κ3) is 24.0. The molecule has 1 fully saturated rings. The first-order valence-electron chi connectivity index (χ1n) is 16.1. The molecule has 0 amide bonds. The lowest BCUT2D eigenvalue weighted by molar-refractivity contribution is -0.0415. The van der Waals surface area contributed by atoms with Crippen molar-refractivity contribution in [2.75, 3.05) is 119 Å². The summed E-state index contributed by atoms with van der Waals surface area (Å²) in [7, 11) is 0. The van der Waals surface area contributed by atoms with Gasteiger partial charge in [0.25, 0.3) is 0 Å². The second-order valence-corrected chi connectivity index (χ2v) is 12.7. The first kappa shape index (κ1) is 39.6. The molecular formula is C32H64O10. The van der Waals surface area contributed by atoms with Crippen LogP contribution < -0.4 is 0 Å². The Labute approximate surface area is 256 Å². The van der Waals surface area contributed by atoms with Crippen LogP contribution in [-0.2, 0) is 42.6 Å². The van der Waals surface area contributed by atoms with Gasteiger partial charge in [-0.15, -0.1) is 0 Å². The van der Waals surface area contributed by atoms with Gasteiger partial charge in [-0.05, 0) is 48.9 Å². The van der Waals surface area contributed by atoms with Gasteiger partial charge in [0.15, 0.2) is 0 Å². The van der Waals surface area contributed by atoms with Crippen molar-refractivity contribution in [1.82, 2.24) is 0 Å². The summed E-state index contributed by atoms with van der Waals surface area (Å²) in [4.78, 5) is 0. The van der Waals surface area contributed by atoms with Crippen LogP contribution in [0, 0.1) is 16.7 Å². The molecule has 0 heterocycles. The molecule has 1 aliphatic carbocycles. The molecule has 0 spiro atoms. The van der Waals surface area contributed by atoms with Crippen molar-refractivity contribution in [2.45, 2.75) is 72.8 Å². The maximum absolute atomic E-state index is 8.58. The number of aliphatic hydroxyl groups excluding tert-OH is 1. The summed E-state index contributed by atoms with van der Waals surface area (Å²) in [5, 5.41) is 8.58. The fourth-order valence-electron chi connectivity index (χ4n) is 5.50. The Balaban J connectivity index is 1.74. The van der Waals surface area contributed by atoms with Crippen LogP contribution in [-0.4, -0.2) is 130 Å². The molecule has 0 saturated heterocycles. The smallest absolute Gasteiger partial charge is 0.0704 e. The highest BCUT2D eigenvalue weighted by Crippen LogP contribution is 2.45. The topological polar surface area (TPSA) is 103 Å². The van der Waals surface area contributed by atoms with E-state index in [1.165, 1.54) is 19.3 Å². The van der Waals surface area contributed by atoms with E-state index in [1.54, 1.807) is 0 Å². The third-order valence-corrected chi connectivity index (χ3v) is 7.19. The van der Waals surface area contributed by atoms with Gasteiger partial charge in [0.1, 0.15) is 0 Å². The van der Waals surface area contributed by atoms with Gasteiger partial charge in [-0.2, -0.15) is 0 Å². The molecule has 1 rings (SSSR count). The lowest BCUT2D eigenvalue weighted by atomic mass is 9.64. The molecule has 1 saturated carbocycles. The second kappa shape index (κ2) is 25.9. The van der Waals surface area contributed by atoms with Crippen LogP contribution in [0.3, 0.4) is 0 Å². The van der Waals surface area contributed by atoms with Crippen LogP contribution in [0.1, 0.15) is 66.7 Å². The van der Waals surface area contributed by atoms with Gasteiger partial charge in [0, 0.05) is 0 Å². The van der Waals surface area contributed by atoms with Crippen molar-refractivity contribution >= 4 is 0 Å². The fourth-order valence-corrected chi connectivity index (χ4v) is 5.50. The minimum absolute atomic E-state index is 0.0315. The van der Waals surface area contributed by atoms with Gasteiger partial charge in [0.2, 0.25) is 0 Å². The molecular weight excluding hydrogens is 544 g/mol. The van der Waals surface area contributed by atoms with E-state index >= 15 is 0 Å². The van der Waals surface area contributed by atoms with E-state index in [-0.39, 0.29) is 6.61 Å². The highest BCUT2D eigenvalue weighted by Gasteiger charge is 2.36. The number of hydrogen-bond donors (Lipinski definition) is 1. The molecule has 0 aromatic carbocycles. The summed E-state index contributed by atoms with van der Waals surface area (Å²) < 4.78 is 49.6. The summed E-state index contributed by atoms with van der Waals surface area (Å²) >= 11 is 0. The van der Waals surface area contributed by atoms with E-state index in [0.717, 1.165) is 18.8 Å². The van der Waals surface area contributed by atoms with Crippen LogP contribution in [0.25, 0.3) is 0 Å². The van der Waals surface area contributed by atoms with E-state index in [4.69, 9.17) is 47.7 Å². The molecule has 0 aliphatic heterocycles. The van der Waals surface area contributed by atoms with E-state index < -0.39 is 0 Å². The number of hydrogen-bond acceptors (Lipinski definition) is 10. The van der Waals surface area contributed by atoms with Crippen LogP contribution >= 0.6 is 0 Å². The van der Waals surface area contributed by atoms with Gasteiger partial charge in [-0.25, -0.2) is 0 Å². The van der Waals surface area contributed by atoms with Crippen molar-refractivity contribution in [3.8, 4) is 0 Å². The maximum Gasteiger partial charge on any atom is 0.0704 e. The molecule has 0 atom stereocenters. The summed E-state index contributed by atoms with van der Waals surface area (Å²) in [5.74, 6) is 0.797. The molecule has 1 aliphatic rings. The van der Waals surface area contributed by atoms with Gasteiger partial charge in [-0.3, -0.25) is 0 Å². The Bertz CT molecular complexity index is 576. The van der Waals surface area contributed by atoms with Crippen molar-refractivity contribution in [2.24, 2.45) is 16.7 Å². The highest BCUT2D eigenvalue weighted by molar-refractivity contribution is 4.86. The molecule has 0 aromatic heterocycles. The fraction of sp³-hybridized carbons (Fsp3) is 1.00. The van der Waals surface area contributed by atoms with Crippen LogP contribution in [0.4, 0.5) is 0 Å². The lowest BCUT2D eigenvalue weighted by Gasteiger charge is -2.42. The average molecular weight is 609 g/mol. The Kier molecular flexibility index (Phi) is 24.4. The summed E-state index contributed by atoms with van der Waals surface area (Å²) in [5.41, 5.74) is 0.776. The Hall–Kier alpha value is -0.400. The summed E-state index contributed by atoms with van der Waals surface area (Å²) in [6.07, 6.45) is 6.52. The first-order chi connectivity index (χ1) is 20.2. The largest absolute Gasteiger partial charge is 0.394 e. The minimum Gasteiger partial charge on any atom is -0.394 e. The average Bonchev–Trinajstić information content (AvgIpc) is 2.94. The number of rotatable bonds is 29. The summed E-state index contributed by atoms with van der Waals surface area (Å²) in [6.45, 7) is 20.9. The minimum atomic E-state index is 0.0315. The van der Waals surface area contributed by atoms with Gasteiger partial charge < -0.3 is 47.7 Å². The Morgan fingerprint density at radius 3 is 1.07 bits per heavy atom. The zero-order valence-electron chi connectivity index (χ0n) is 27.5. The molecule has 10 heteroatoms. The standard InChI is InChI=1S/C32H64O10/c1-31(2,3)28-32(4,5)29-6-8-30(9-7-29)42-27-26-41-25-24-40-23-22-39-21-20-38-19-18-37-17-16-36-15-14-35-13-12-34-11-10-33/h29-30,33H,6-28H2,1-5H3. The predicted molar refractivity (Wildman–Crippen MR) is 163 cm³/mol. The van der Waals surface area contributed by atoms with Crippen molar-refractivity contribution in [3.05, 3.63) is 0 Å². The first-order valence-corrected chi connectivity index (χ1v) is 16.1. The van der Waals surface area contributed by atoms with E-state index in [2.05, 4.69) is 34.6 Å². The van der Waals surface area contributed by atoms with Crippen LogP contribution in [0.15, 0.2) is 0 Å². The number of aliphatic hydroxyl groups is 1. The van der Waals surface area contributed by atoms with Gasteiger partial charge in [0.05, 0.1) is 125 Å². The molecule has 10 nitrogen and oxygen atoms in total. The zero-order valence-corrected chi connectivity index (χ0v) is 27.5. The quantitative estimate of drug-likeness (QED) is 0.125. The zero-order chi connectivity index (χ0) is 30.8. The SMILES string of the molecule is CC(C)(C)CC(C)(C)C1CCC(OCCOCCOCCOCCOCCOCCOCCOCCOCCO)CC1. The van der Waals surface area contributed by atoms with Crippen LogP contribution in [0.2, 0.25) is 0 Å². The Morgan fingerprint density at radius 2 is 0.762 bits per heavy atom. The molecule has 252 valence electrons. The second-order valence-electron chi connectivity index (χ2n) is 12.7. The molecule has 1 N–H and O–H groups in total. The van der Waals surface area contributed by atoms with Gasteiger partial charge >= 0.3 is 0 Å². The highest BCUT2D eigenvalue weighted by atomic mass is 16.6.